The van der Waals surface area contributed by atoms with E-state index in [1.165, 1.54) is 5.56 Å². The predicted octanol–water partition coefficient (Wildman–Crippen LogP) is 2.91. The molecule has 0 radical (unpaired) electrons. The molecule has 1 aromatic carbocycles. The largest absolute Gasteiger partial charge is 0.389 e. The molecule has 0 spiro atoms. The van der Waals surface area contributed by atoms with Crippen molar-refractivity contribution in [3.8, 4) is 0 Å². The number of nitrogens with zero attached hydrogens (tertiary/aromatic N) is 1. The van der Waals surface area contributed by atoms with Crippen molar-refractivity contribution < 1.29 is 9.84 Å². The molecular weight excluding hydrogens is 300 g/mol. The number of ether oxygens (including phenoxy) is 1. The average molecular weight is 337 g/mol. The molecule has 0 bridgehead atoms. The first-order valence-electron chi connectivity index (χ1n) is 9.20. The first-order valence-corrected chi connectivity index (χ1v) is 9.20. The molecule has 0 saturated heterocycles. The fraction of sp³-hybridized carbons (Fsp3) is 0.700. The van der Waals surface area contributed by atoms with E-state index in [1.54, 1.807) is 0 Å². The van der Waals surface area contributed by atoms with Crippen LogP contribution in [0.2, 0.25) is 0 Å². The van der Waals surface area contributed by atoms with Crippen LogP contribution in [0.1, 0.15) is 39.2 Å². The zero-order valence-corrected chi connectivity index (χ0v) is 15.9. The van der Waals surface area contributed by atoms with E-state index in [0.717, 1.165) is 32.5 Å². The summed E-state index contributed by atoms with van der Waals surface area (Å²) in [6, 6.07) is 10.5. The monoisotopic (exact) mass is 336 g/mol. The van der Waals surface area contributed by atoms with Gasteiger partial charge in [0, 0.05) is 13.1 Å². The highest BCUT2D eigenvalue weighted by atomic mass is 16.5. The molecule has 0 amide bonds. The minimum atomic E-state index is -0.429. The third-order valence-corrected chi connectivity index (χ3v) is 3.95. The van der Waals surface area contributed by atoms with Crippen molar-refractivity contribution in [2.75, 3.05) is 33.3 Å². The van der Waals surface area contributed by atoms with Gasteiger partial charge in [-0.15, -0.1) is 0 Å². The fourth-order valence-electron chi connectivity index (χ4n) is 2.78. The number of aliphatic hydroxyl groups is 1. The van der Waals surface area contributed by atoms with Crippen LogP contribution in [0.3, 0.4) is 0 Å². The molecule has 4 heteroatoms. The number of hydrogen-bond acceptors (Lipinski definition) is 4. The van der Waals surface area contributed by atoms with Gasteiger partial charge in [0.05, 0.1) is 18.8 Å². The Morgan fingerprint density at radius 2 is 1.88 bits per heavy atom. The minimum Gasteiger partial charge on any atom is -0.389 e. The molecule has 4 nitrogen and oxygen atoms in total. The van der Waals surface area contributed by atoms with Gasteiger partial charge in [0.2, 0.25) is 0 Å². The van der Waals surface area contributed by atoms with Gasteiger partial charge in [0.25, 0.3) is 0 Å². The molecule has 0 fully saturated rings. The Morgan fingerprint density at radius 1 is 1.17 bits per heavy atom. The van der Waals surface area contributed by atoms with Crippen LogP contribution in [-0.4, -0.2) is 55.5 Å². The SMILES string of the molecule is CC(C)CC(C)OCC(O)CNCCCN(C)Cc1ccccc1. The molecule has 0 aliphatic rings. The maximum absolute atomic E-state index is 9.94. The van der Waals surface area contributed by atoms with Crippen LogP contribution in [0.25, 0.3) is 0 Å². The van der Waals surface area contributed by atoms with E-state index in [4.69, 9.17) is 4.74 Å². The number of hydrogen-bond donors (Lipinski definition) is 2. The summed E-state index contributed by atoms with van der Waals surface area (Å²) in [4.78, 5) is 2.32. The third-order valence-electron chi connectivity index (χ3n) is 3.95. The van der Waals surface area contributed by atoms with E-state index in [-0.39, 0.29) is 6.10 Å². The average Bonchev–Trinajstić information content (AvgIpc) is 2.53. The van der Waals surface area contributed by atoms with Gasteiger partial charge in [-0.1, -0.05) is 44.2 Å². The van der Waals surface area contributed by atoms with Gasteiger partial charge in [-0.3, -0.25) is 0 Å². The van der Waals surface area contributed by atoms with Gasteiger partial charge in [0.15, 0.2) is 0 Å². The molecule has 2 N–H and O–H groups in total. The number of rotatable bonds is 13. The maximum atomic E-state index is 9.94. The van der Waals surface area contributed by atoms with Crippen LogP contribution in [0, 0.1) is 5.92 Å². The van der Waals surface area contributed by atoms with Crippen molar-refractivity contribution >= 4 is 0 Å². The lowest BCUT2D eigenvalue weighted by Gasteiger charge is -2.19. The topological polar surface area (TPSA) is 44.7 Å². The van der Waals surface area contributed by atoms with E-state index >= 15 is 0 Å². The molecule has 0 aliphatic heterocycles. The van der Waals surface area contributed by atoms with Gasteiger partial charge in [-0.2, -0.15) is 0 Å². The molecule has 0 saturated carbocycles. The van der Waals surface area contributed by atoms with Gasteiger partial charge >= 0.3 is 0 Å². The molecule has 0 aromatic heterocycles. The molecular formula is C20H36N2O2. The van der Waals surface area contributed by atoms with E-state index < -0.39 is 6.10 Å². The zero-order chi connectivity index (χ0) is 17.8. The highest BCUT2D eigenvalue weighted by Crippen LogP contribution is 2.07. The zero-order valence-electron chi connectivity index (χ0n) is 15.9. The Labute approximate surface area is 148 Å². The van der Waals surface area contributed by atoms with Crippen molar-refractivity contribution in [1.82, 2.24) is 10.2 Å². The van der Waals surface area contributed by atoms with E-state index in [1.807, 2.05) is 6.07 Å². The Morgan fingerprint density at radius 3 is 2.54 bits per heavy atom. The lowest BCUT2D eigenvalue weighted by atomic mass is 10.1. The van der Waals surface area contributed by atoms with Crippen molar-refractivity contribution in [3.05, 3.63) is 35.9 Å². The summed E-state index contributed by atoms with van der Waals surface area (Å²) >= 11 is 0. The summed E-state index contributed by atoms with van der Waals surface area (Å²) in [5.74, 6) is 0.628. The van der Waals surface area contributed by atoms with Gasteiger partial charge in [-0.05, 0) is 51.4 Å². The lowest BCUT2D eigenvalue weighted by molar-refractivity contribution is -0.00846. The maximum Gasteiger partial charge on any atom is 0.0897 e. The Hall–Kier alpha value is -0.940. The normalized spacial score (nSPS) is 14.3. The molecule has 0 heterocycles. The first-order chi connectivity index (χ1) is 11.5. The van der Waals surface area contributed by atoms with Crippen LogP contribution >= 0.6 is 0 Å². The van der Waals surface area contributed by atoms with E-state index in [0.29, 0.717) is 19.1 Å². The van der Waals surface area contributed by atoms with Gasteiger partial charge in [0.1, 0.15) is 0 Å². The van der Waals surface area contributed by atoms with Crippen molar-refractivity contribution in [2.24, 2.45) is 5.92 Å². The highest BCUT2D eigenvalue weighted by molar-refractivity contribution is 5.14. The van der Waals surface area contributed by atoms with E-state index in [9.17, 15) is 5.11 Å². The summed E-state index contributed by atoms with van der Waals surface area (Å²) in [6.07, 6.45) is 1.89. The van der Waals surface area contributed by atoms with E-state index in [2.05, 4.69) is 62.3 Å². The third kappa shape index (κ3) is 10.8. The molecule has 138 valence electrons. The highest BCUT2D eigenvalue weighted by Gasteiger charge is 2.09. The second kappa shape index (κ2) is 12.4. The molecule has 1 aromatic rings. The van der Waals surface area contributed by atoms with Crippen LogP contribution in [0.5, 0.6) is 0 Å². The number of benzene rings is 1. The van der Waals surface area contributed by atoms with Crippen LogP contribution in [0.4, 0.5) is 0 Å². The fourth-order valence-corrected chi connectivity index (χ4v) is 2.78. The Kier molecular flexibility index (Phi) is 10.9. The summed E-state index contributed by atoms with van der Waals surface area (Å²) in [5, 5.41) is 13.2. The first kappa shape index (κ1) is 21.1. The Bertz CT molecular complexity index is 411. The minimum absolute atomic E-state index is 0.214. The van der Waals surface area contributed by atoms with Crippen molar-refractivity contribution in [2.45, 2.75) is 52.4 Å². The van der Waals surface area contributed by atoms with Gasteiger partial charge < -0.3 is 20.1 Å². The smallest absolute Gasteiger partial charge is 0.0897 e. The molecule has 24 heavy (non-hydrogen) atoms. The van der Waals surface area contributed by atoms with Crippen LogP contribution < -0.4 is 5.32 Å². The molecule has 1 rings (SSSR count). The summed E-state index contributed by atoms with van der Waals surface area (Å²) in [5.41, 5.74) is 1.34. The second-order valence-corrected chi connectivity index (χ2v) is 7.21. The van der Waals surface area contributed by atoms with Crippen molar-refractivity contribution in [3.63, 3.8) is 0 Å². The van der Waals surface area contributed by atoms with Crippen molar-refractivity contribution in [1.29, 1.82) is 0 Å². The predicted molar refractivity (Wildman–Crippen MR) is 101 cm³/mol. The molecule has 2 atom stereocenters. The quantitative estimate of drug-likeness (QED) is 0.544. The summed E-state index contributed by atoms with van der Waals surface area (Å²) in [7, 11) is 2.14. The lowest BCUT2D eigenvalue weighted by Crippen LogP contribution is -2.33. The van der Waals surface area contributed by atoms with Gasteiger partial charge in [-0.25, -0.2) is 0 Å². The Balaban J connectivity index is 2.01. The standard InChI is InChI=1S/C20H36N2O2/c1-17(2)13-18(3)24-16-20(23)14-21-11-8-12-22(4)15-19-9-6-5-7-10-19/h5-7,9-10,17-18,20-21,23H,8,11-16H2,1-4H3. The number of aliphatic hydroxyl groups excluding tert-OH is 1. The number of nitrogens with one attached hydrogen (secondary N) is 1. The summed E-state index contributed by atoms with van der Waals surface area (Å²) < 4.78 is 5.68. The van der Waals surface area contributed by atoms with Crippen LogP contribution in [0.15, 0.2) is 30.3 Å². The van der Waals surface area contributed by atoms with Crippen LogP contribution in [-0.2, 0) is 11.3 Å². The summed E-state index contributed by atoms with van der Waals surface area (Å²) in [6.45, 7) is 10.4. The second-order valence-electron chi connectivity index (χ2n) is 7.21. The molecule has 0 aliphatic carbocycles. The molecule has 2 unspecified atom stereocenters.